The molecule has 7 heteroatoms. The van der Waals surface area contributed by atoms with Crippen molar-refractivity contribution in [2.75, 3.05) is 0 Å². The molecule has 0 radical (unpaired) electrons. The molecule has 0 bridgehead atoms. The topological polar surface area (TPSA) is 63.2 Å². The Balaban J connectivity index is 2.15. The van der Waals surface area contributed by atoms with Crippen molar-refractivity contribution < 1.29 is 17.6 Å². The first-order valence-corrected chi connectivity index (χ1v) is 8.35. The number of hydrogen-bond donors (Lipinski definition) is 1. The summed E-state index contributed by atoms with van der Waals surface area (Å²) >= 11 is 5.81. The van der Waals surface area contributed by atoms with E-state index in [-0.39, 0.29) is 16.6 Å². The van der Waals surface area contributed by atoms with Crippen LogP contribution in [0, 0.1) is 5.82 Å². The summed E-state index contributed by atoms with van der Waals surface area (Å²) in [6.45, 7) is 1.31. The minimum Gasteiger partial charge on any atom is -0.352 e. The third kappa shape index (κ3) is 3.49. The van der Waals surface area contributed by atoms with E-state index in [1.165, 1.54) is 19.1 Å². The molecule has 1 N–H and O–H groups in total. The molecule has 4 nitrogen and oxygen atoms in total. The molecule has 0 saturated heterocycles. The fourth-order valence-corrected chi connectivity index (χ4v) is 3.35. The van der Waals surface area contributed by atoms with Crippen LogP contribution in [0.2, 0.25) is 5.02 Å². The van der Waals surface area contributed by atoms with Gasteiger partial charge in [-0.1, -0.05) is 17.7 Å². The maximum Gasteiger partial charge on any atom is 0.238 e. The third-order valence-electron chi connectivity index (χ3n) is 3.24. The highest BCUT2D eigenvalue weighted by Crippen LogP contribution is 2.24. The van der Waals surface area contributed by atoms with Crippen molar-refractivity contribution in [2.24, 2.45) is 0 Å². The maximum atomic E-state index is 13.6. The predicted molar refractivity (Wildman–Crippen MR) is 74.7 cm³/mol. The lowest BCUT2D eigenvalue weighted by molar-refractivity contribution is -0.120. The number of benzene rings is 1. The molecule has 1 aliphatic rings. The van der Waals surface area contributed by atoms with Gasteiger partial charge in [-0.3, -0.25) is 4.79 Å². The summed E-state index contributed by atoms with van der Waals surface area (Å²) < 4.78 is 37.9. The van der Waals surface area contributed by atoms with Crippen molar-refractivity contribution in [3.8, 4) is 0 Å². The van der Waals surface area contributed by atoms with Gasteiger partial charge in [0.1, 0.15) is 11.1 Å². The summed E-state index contributed by atoms with van der Waals surface area (Å²) in [7, 11) is -3.81. The molecule has 0 aromatic heterocycles. The normalized spacial score (nSPS) is 16.8. The Morgan fingerprint density at radius 1 is 1.50 bits per heavy atom. The molecule has 0 heterocycles. The molecule has 1 aliphatic carbocycles. The minimum absolute atomic E-state index is 0.0448. The van der Waals surface area contributed by atoms with Crippen LogP contribution >= 0.6 is 11.6 Å². The Morgan fingerprint density at radius 2 is 2.15 bits per heavy atom. The fourth-order valence-electron chi connectivity index (χ4n) is 1.71. The van der Waals surface area contributed by atoms with E-state index in [9.17, 15) is 17.6 Å². The predicted octanol–water partition coefficient (Wildman–Crippen LogP) is 2.06. The maximum absolute atomic E-state index is 13.6. The Bertz CT molecular complexity index is 608. The number of hydrogen-bond acceptors (Lipinski definition) is 3. The van der Waals surface area contributed by atoms with E-state index in [2.05, 4.69) is 5.32 Å². The lowest BCUT2D eigenvalue weighted by Gasteiger charge is -2.14. The zero-order chi connectivity index (χ0) is 14.9. The number of nitrogens with one attached hydrogen (secondary N) is 1. The average molecular weight is 320 g/mol. The number of carbonyl (C=O) groups excluding carboxylic acids is 1. The van der Waals surface area contributed by atoms with Crippen molar-refractivity contribution in [3.05, 3.63) is 34.6 Å². The standard InChI is InChI=1S/C13H15ClFNO3S/c1-8(13(17)16-9-5-6-9)20(18,19)7-10-11(14)3-2-4-12(10)15/h2-4,8-9H,5-7H2,1H3,(H,16,17). The highest BCUT2D eigenvalue weighted by Gasteiger charge is 2.33. The molecule has 1 saturated carbocycles. The molecule has 20 heavy (non-hydrogen) atoms. The van der Waals surface area contributed by atoms with Crippen molar-refractivity contribution in [2.45, 2.75) is 36.8 Å². The van der Waals surface area contributed by atoms with Gasteiger partial charge in [0.25, 0.3) is 0 Å². The SMILES string of the molecule is CC(C(=O)NC1CC1)S(=O)(=O)Cc1c(F)cccc1Cl. The minimum atomic E-state index is -3.81. The van der Waals surface area contributed by atoms with Crippen molar-refractivity contribution >= 4 is 27.3 Å². The van der Waals surface area contributed by atoms with Gasteiger partial charge in [-0.25, -0.2) is 12.8 Å². The van der Waals surface area contributed by atoms with Crippen LogP contribution in [0.15, 0.2) is 18.2 Å². The van der Waals surface area contributed by atoms with Crippen LogP contribution in [0.5, 0.6) is 0 Å². The number of carbonyl (C=O) groups is 1. The summed E-state index contributed by atoms with van der Waals surface area (Å²) in [5.74, 6) is -1.81. The second kappa shape index (κ2) is 5.69. The zero-order valence-electron chi connectivity index (χ0n) is 10.9. The summed E-state index contributed by atoms with van der Waals surface area (Å²) in [5, 5.41) is 1.45. The molecule has 1 unspecified atom stereocenters. The molecule has 1 aromatic rings. The molecule has 1 amide bonds. The van der Waals surface area contributed by atoms with Gasteiger partial charge in [0.05, 0.1) is 5.75 Å². The fraction of sp³-hybridized carbons (Fsp3) is 0.462. The van der Waals surface area contributed by atoms with Gasteiger partial charge in [-0.2, -0.15) is 0 Å². The van der Waals surface area contributed by atoms with E-state index >= 15 is 0 Å². The van der Waals surface area contributed by atoms with E-state index in [0.29, 0.717) is 0 Å². The first kappa shape index (κ1) is 15.3. The lowest BCUT2D eigenvalue weighted by Crippen LogP contribution is -2.39. The quantitative estimate of drug-likeness (QED) is 0.903. The molecule has 0 spiro atoms. The van der Waals surface area contributed by atoms with E-state index in [1.54, 1.807) is 0 Å². The second-order valence-electron chi connectivity index (χ2n) is 4.93. The molecule has 110 valence electrons. The lowest BCUT2D eigenvalue weighted by atomic mass is 10.2. The summed E-state index contributed by atoms with van der Waals surface area (Å²) in [5.41, 5.74) is -0.0970. The molecular weight excluding hydrogens is 305 g/mol. The molecule has 2 rings (SSSR count). The van der Waals surface area contributed by atoms with Gasteiger partial charge >= 0.3 is 0 Å². The van der Waals surface area contributed by atoms with Gasteiger partial charge in [0, 0.05) is 16.6 Å². The molecular formula is C13H15ClFNO3S. The van der Waals surface area contributed by atoms with E-state index in [1.807, 2.05) is 0 Å². The number of halogens is 2. The van der Waals surface area contributed by atoms with Crippen LogP contribution in [0.1, 0.15) is 25.3 Å². The van der Waals surface area contributed by atoms with Crippen molar-refractivity contribution in [1.29, 1.82) is 0 Å². The van der Waals surface area contributed by atoms with Gasteiger partial charge in [0.2, 0.25) is 5.91 Å². The Morgan fingerprint density at radius 3 is 2.70 bits per heavy atom. The number of amides is 1. The molecule has 1 fully saturated rings. The van der Waals surface area contributed by atoms with Crippen LogP contribution in [-0.2, 0) is 20.4 Å². The summed E-state index contributed by atoms with van der Waals surface area (Å²) in [4.78, 5) is 11.8. The first-order chi connectivity index (χ1) is 9.31. The zero-order valence-corrected chi connectivity index (χ0v) is 12.5. The van der Waals surface area contributed by atoms with Crippen molar-refractivity contribution in [3.63, 3.8) is 0 Å². The van der Waals surface area contributed by atoms with Crippen LogP contribution in [0.4, 0.5) is 4.39 Å². The monoisotopic (exact) mass is 319 g/mol. The van der Waals surface area contributed by atoms with Crippen LogP contribution in [0.25, 0.3) is 0 Å². The highest BCUT2D eigenvalue weighted by molar-refractivity contribution is 7.92. The van der Waals surface area contributed by atoms with Gasteiger partial charge < -0.3 is 5.32 Å². The number of rotatable bonds is 5. The van der Waals surface area contributed by atoms with Crippen LogP contribution in [-0.4, -0.2) is 25.6 Å². The molecule has 0 aliphatic heterocycles. The molecule has 1 aromatic carbocycles. The van der Waals surface area contributed by atoms with Gasteiger partial charge in [0.15, 0.2) is 9.84 Å². The van der Waals surface area contributed by atoms with E-state index in [4.69, 9.17) is 11.6 Å². The Hall–Kier alpha value is -1.14. The second-order valence-corrected chi connectivity index (χ2v) is 7.66. The van der Waals surface area contributed by atoms with Gasteiger partial charge in [-0.05, 0) is 31.9 Å². The molecule has 1 atom stereocenters. The van der Waals surface area contributed by atoms with E-state index in [0.717, 1.165) is 18.9 Å². The summed E-state index contributed by atoms with van der Waals surface area (Å²) in [6.07, 6.45) is 1.75. The smallest absolute Gasteiger partial charge is 0.238 e. The summed E-state index contributed by atoms with van der Waals surface area (Å²) in [6, 6.07) is 4.05. The first-order valence-electron chi connectivity index (χ1n) is 6.26. The van der Waals surface area contributed by atoms with Gasteiger partial charge in [-0.15, -0.1) is 0 Å². The average Bonchev–Trinajstić information content (AvgIpc) is 3.17. The Labute approximate surface area is 122 Å². The van der Waals surface area contributed by atoms with E-state index < -0.39 is 32.6 Å². The largest absolute Gasteiger partial charge is 0.352 e. The number of sulfone groups is 1. The Kier molecular flexibility index (Phi) is 4.34. The van der Waals surface area contributed by atoms with Crippen LogP contribution in [0.3, 0.4) is 0 Å². The van der Waals surface area contributed by atoms with Crippen molar-refractivity contribution in [1.82, 2.24) is 5.32 Å². The third-order valence-corrected chi connectivity index (χ3v) is 5.58. The van der Waals surface area contributed by atoms with Crippen LogP contribution < -0.4 is 5.32 Å². The highest BCUT2D eigenvalue weighted by atomic mass is 35.5.